The van der Waals surface area contributed by atoms with Crippen LogP contribution in [0.15, 0.2) is 72.1 Å². The molecule has 0 unspecified atom stereocenters. The Bertz CT molecular complexity index is 1120. The fourth-order valence-corrected chi connectivity index (χ4v) is 5.95. The summed E-state index contributed by atoms with van der Waals surface area (Å²) >= 11 is 1.76. The van der Waals surface area contributed by atoms with E-state index in [1.54, 1.807) is 16.2 Å². The van der Waals surface area contributed by atoms with Crippen molar-refractivity contribution in [3.63, 3.8) is 0 Å². The number of amides is 2. The molecule has 3 aromatic rings. The van der Waals surface area contributed by atoms with E-state index in [4.69, 9.17) is 5.73 Å². The third-order valence-electron chi connectivity index (χ3n) is 6.81. The molecule has 33 heavy (non-hydrogen) atoms. The molecule has 2 amide bonds. The lowest BCUT2D eigenvalue weighted by Crippen LogP contribution is -2.56. The van der Waals surface area contributed by atoms with E-state index in [1.807, 2.05) is 30.3 Å². The molecule has 5 rings (SSSR count). The number of hydrogen-bond acceptors (Lipinski definition) is 5. The van der Waals surface area contributed by atoms with Crippen molar-refractivity contribution >= 4 is 28.8 Å². The maximum Gasteiger partial charge on any atom is 0.250 e. The van der Waals surface area contributed by atoms with Crippen molar-refractivity contribution in [2.24, 2.45) is 5.73 Å². The molecule has 2 aromatic carbocycles. The maximum absolute atomic E-state index is 13.5. The third kappa shape index (κ3) is 4.14. The topological polar surface area (TPSA) is 69.9 Å². The fourth-order valence-electron chi connectivity index (χ4n) is 5.16. The highest BCUT2D eigenvalue weighted by Crippen LogP contribution is 2.40. The number of nitrogens with zero attached hydrogens (tertiary/aromatic N) is 3. The van der Waals surface area contributed by atoms with Gasteiger partial charge in [0.2, 0.25) is 11.8 Å². The van der Waals surface area contributed by atoms with Gasteiger partial charge < -0.3 is 15.5 Å². The molecule has 2 fully saturated rings. The largest absolute Gasteiger partial charge is 0.368 e. The first-order chi connectivity index (χ1) is 16.1. The van der Waals surface area contributed by atoms with Gasteiger partial charge in [-0.05, 0) is 47.5 Å². The van der Waals surface area contributed by atoms with Crippen LogP contribution in [0.2, 0.25) is 0 Å². The van der Waals surface area contributed by atoms with Gasteiger partial charge in [-0.2, -0.15) is 0 Å². The summed E-state index contributed by atoms with van der Waals surface area (Å²) in [5.74, 6) is -0.458. The van der Waals surface area contributed by atoms with E-state index in [1.165, 1.54) is 16.0 Å². The zero-order valence-electron chi connectivity index (χ0n) is 18.5. The number of hydrogen-bond donors (Lipinski definition) is 1. The van der Waals surface area contributed by atoms with Crippen molar-refractivity contribution in [1.29, 1.82) is 0 Å². The summed E-state index contributed by atoms with van der Waals surface area (Å²) in [7, 11) is 0. The molecule has 1 spiro atoms. The first-order valence-corrected chi connectivity index (χ1v) is 12.2. The number of carbonyl (C=O) groups is 2. The number of nitrogens with two attached hydrogens (primary N) is 1. The lowest BCUT2D eigenvalue weighted by atomic mass is 9.85. The first kappa shape index (κ1) is 21.7. The van der Waals surface area contributed by atoms with Crippen molar-refractivity contribution in [2.75, 3.05) is 31.2 Å². The zero-order valence-corrected chi connectivity index (χ0v) is 19.3. The number of para-hydroxylation sites is 1. The van der Waals surface area contributed by atoms with Gasteiger partial charge in [0.05, 0.1) is 6.67 Å². The molecule has 0 aliphatic carbocycles. The second-order valence-electron chi connectivity index (χ2n) is 8.82. The van der Waals surface area contributed by atoms with Gasteiger partial charge in [-0.25, -0.2) is 0 Å². The number of carbonyl (C=O) groups excluding carboxylic acids is 2. The van der Waals surface area contributed by atoms with Crippen LogP contribution in [-0.2, 0) is 16.1 Å². The molecule has 0 bridgehead atoms. The Kier molecular flexibility index (Phi) is 5.91. The normalized spacial score (nSPS) is 18.2. The highest BCUT2D eigenvalue weighted by atomic mass is 32.1. The van der Waals surface area contributed by atoms with Crippen LogP contribution < -0.4 is 10.6 Å². The van der Waals surface area contributed by atoms with E-state index in [0.717, 1.165) is 38.2 Å². The molecule has 170 valence electrons. The monoisotopic (exact) mass is 460 g/mol. The van der Waals surface area contributed by atoms with Crippen LogP contribution in [0.4, 0.5) is 5.69 Å². The fraction of sp³-hybridized carbons (Fsp3) is 0.308. The molecule has 0 saturated carbocycles. The minimum absolute atomic E-state index is 0.0174. The van der Waals surface area contributed by atoms with Gasteiger partial charge in [0.25, 0.3) is 0 Å². The summed E-state index contributed by atoms with van der Waals surface area (Å²) in [5, 5.41) is 2.11. The van der Waals surface area contributed by atoms with Crippen LogP contribution in [0.1, 0.15) is 18.4 Å². The molecule has 2 saturated heterocycles. The van der Waals surface area contributed by atoms with Crippen LogP contribution in [0.25, 0.3) is 10.4 Å². The van der Waals surface area contributed by atoms with Gasteiger partial charge >= 0.3 is 0 Å². The average molecular weight is 461 g/mol. The van der Waals surface area contributed by atoms with Crippen LogP contribution in [0.3, 0.4) is 0 Å². The Morgan fingerprint density at radius 3 is 2.39 bits per heavy atom. The van der Waals surface area contributed by atoms with Gasteiger partial charge in [0, 0.05) is 30.2 Å². The summed E-state index contributed by atoms with van der Waals surface area (Å²) in [6, 6.07) is 22.8. The van der Waals surface area contributed by atoms with E-state index in [9.17, 15) is 9.59 Å². The van der Waals surface area contributed by atoms with Gasteiger partial charge in [0.1, 0.15) is 12.1 Å². The van der Waals surface area contributed by atoms with E-state index in [0.29, 0.717) is 6.67 Å². The number of anilines is 1. The maximum atomic E-state index is 13.5. The molecule has 2 N–H and O–H groups in total. The molecule has 6 nitrogen and oxygen atoms in total. The van der Waals surface area contributed by atoms with Crippen molar-refractivity contribution in [2.45, 2.75) is 24.9 Å². The number of rotatable bonds is 6. The van der Waals surface area contributed by atoms with Crippen LogP contribution in [-0.4, -0.2) is 53.5 Å². The predicted octanol–water partition coefficient (Wildman–Crippen LogP) is 3.54. The van der Waals surface area contributed by atoms with Crippen molar-refractivity contribution in [3.8, 4) is 10.4 Å². The molecule has 7 heteroatoms. The van der Waals surface area contributed by atoms with Crippen LogP contribution >= 0.6 is 11.3 Å². The lowest BCUT2D eigenvalue weighted by Gasteiger charge is -2.43. The minimum Gasteiger partial charge on any atom is -0.368 e. The average Bonchev–Trinajstić information content (AvgIpc) is 3.45. The Balaban J connectivity index is 1.36. The molecule has 0 atom stereocenters. The highest BCUT2D eigenvalue weighted by molar-refractivity contribution is 7.13. The Morgan fingerprint density at radius 1 is 0.970 bits per heavy atom. The summed E-state index contributed by atoms with van der Waals surface area (Å²) in [4.78, 5) is 32.6. The molecule has 3 heterocycles. The number of likely N-dealkylation sites (tertiary alicyclic amines) is 1. The third-order valence-corrected chi connectivity index (χ3v) is 7.71. The Hall–Kier alpha value is -3.16. The standard InChI is InChI=1S/C26H28N4O2S/c27-24(31)18-29-19-30(21-8-2-1-3-9-21)26(25(29)32)12-14-28(15-13-26)17-20-7-4-5-10-22(20)23-11-6-16-33-23/h1-11,16H,12-15,17-19H2,(H2,27,31). The second kappa shape index (κ2) is 9.00. The Morgan fingerprint density at radius 2 is 1.70 bits per heavy atom. The van der Waals surface area contributed by atoms with E-state index >= 15 is 0 Å². The molecule has 2 aliphatic heterocycles. The van der Waals surface area contributed by atoms with E-state index in [2.05, 4.69) is 51.6 Å². The first-order valence-electron chi connectivity index (χ1n) is 11.3. The summed E-state index contributed by atoms with van der Waals surface area (Å²) in [5.41, 5.74) is 8.41. The predicted molar refractivity (Wildman–Crippen MR) is 132 cm³/mol. The lowest BCUT2D eigenvalue weighted by molar-refractivity contribution is -0.136. The number of benzene rings is 2. The molecule has 2 aliphatic rings. The molecule has 0 radical (unpaired) electrons. The van der Waals surface area contributed by atoms with Gasteiger partial charge in [0.15, 0.2) is 0 Å². The van der Waals surface area contributed by atoms with E-state index in [-0.39, 0.29) is 12.5 Å². The quantitative estimate of drug-likeness (QED) is 0.611. The molecular formula is C26H28N4O2S. The van der Waals surface area contributed by atoms with Crippen molar-refractivity contribution < 1.29 is 9.59 Å². The van der Waals surface area contributed by atoms with Gasteiger partial charge in [-0.15, -0.1) is 11.3 Å². The summed E-state index contributed by atoms with van der Waals surface area (Å²) in [6.07, 6.45) is 1.44. The van der Waals surface area contributed by atoms with Gasteiger partial charge in [-0.3, -0.25) is 14.5 Å². The smallest absolute Gasteiger partial charge is 0.250 e. The van der Waals surface area contributed by atoms with Crippen molar-refractivity contribution in [1.82, 2.24) is 9.80 Å². The molecular weight excluding hydrogens is 432 g/mol. The SMILES string of the molecule is NC(=O)CN1CN(c2ccccc2)C2(CCN(Cc3ccccc3-c3cccs3)CC2)C1=O. The van der Waals surface area contributed by atoms with Gasteiger partial charge in [-0.1, -0.05) is 48.5 Å². The van der Waals surface area contributed by atoms with E-state index < -0.39 is 11.4 Å². The van der Waals surface area contributed by atoms with Crippen LogP contribution in [0, 0.1) is 0 Å². The van der Waals surface area contributed by atoms with Crippen LogP contribution in [0.5, 0.6) is 0 Å². The summed E-state index contributed by atoms with van der Waals surface area (Å²) in [6.45, 7) is 2.85. The number of primary amides is 1. The second-order valence-corrected chi connectivity index (χ2v) is 9.76. The van der Waals surface area contributed by atoms with Crippen molar-refractivity contribution in [3.05, 3.63) is 77.7 Å². The number of thiophene rings is 1. The Labute approximate surface area is 198 Å². The zero-order chi connectivity index (χ0) is 22.8. The summed E-state index contributed by atoms with van der Waals surface area (Å²) < 4.78 is 0. The number of piperidine rings is 1. The molecule has 1 aromatic heterocycles. The minimum atomic E-state index is -0.624. The highest BCUT2D eigenvalue weighted by Gasteiger charge is 2.53.